The molecule has 0 amide bonds. The summed E-state index contributed by atoms with van der Waals surface area (Å²) in [6.45, 7) is 8.86. The minimum Gasteiger partial charge on any atom is -0.372 e. The van der Waals surface area contributed by atoms with Gasteiger partial charge in [-0.15, -0.1) is 0 Å². The Bertz CT molecular complexity index is 140. The van der Waals surface area contributed by atoms with Crippen molar-refractivity contribution < 1.29 is 4.74 Å². The van der Waals surface area contributed by atoms with Gasteiger partial charge >= 0.3 is 0 Å². The molecule has 12 heavy (non-hydrogen) atoms. The number of alkyl halides is 1. The van der Waals surface area contributed by atoms with Crippen molar-refractivity contribution in [2.75, 3.05) is 17.5 Å². The van der Waals surface area contributed by atoms with Crippen LogP contribution in [0.25, 0.3) is 0 Å². The van der Waals surface area contributed by atoms with Crippen LogP contribution in [0, 0.1) is 0 Å². The molecule has 2 unspecified atom stereocenters. The lowest BCUT2D eigenvalue weighted by atomic mass is 10.2. The molecule has 3 heteroatoms. The maximum Gasteiger partial charge on any atom is 0.0795 e. The van der Waals surface area contributed by atoms with E-state index >= 15 is 0 Å². The zero-order valence-corrected chi connectivity index (χ0v) is 10.2. The van der Waals surface area contributed by atoms with Gasteiger partial charge in [0.15, 0.2) is 0 Å². The third kappa shape index (κ3) is 2.85. The van der Waals surface area contributed by atoms with Crippen LogP contribution < -0.4 is 0 Å². The molecule has 1 heterocycles. The van der Waals surface area contributed by atoms with Crippen LogP contribution in [0.2, 0.25) is 0 Å². The fourth-order valence-electron chi connectivity index (χ4n) is 1.59. The maximum absolute atomic E-state index is 5.77. The van der Waals surface area contributed by atoms with Gasteiger partial charge in [-0.25, -0.2) is 0 Å². The summed E-state index contributed by atoms with van der Waals surface area (Å²) in [6.07, 6.45) is 0.845. The van der Waals surface area contributed by atoms with Crippen LogP contribution in [0.3, 0.4) is 0 Å². The summed E-state index contributed by atoms with van der Waals surface area (Å²) < 4.78 is 6.87. The monoisotopic (exact) mass is 283 g/mol. The first-order valence-electron chi connectivity index (χ1n) is 4.59. The van der Waals surface area contributed by atoms with Crippen molar-refractivity contribution in [1.29, 1.82) is 0 Å². The molecule has 0 bridgehead atoms. The van der Waals surface area contributed by atoms with Gasteiger partial charge in [-0.1, -0.05) is 22.6 Å². The molecular weight excluding hydrogens is 265 g/mol. The number of morpholine rings is 1. The van der Waals surface area contributed by atoms with Gasteiger partial charge in [0.1, 0.15) is 0 Å². The summed E-state index contributed by atoms with van der Waals surface area (Å²) in [4.78, 5) is 2.50. The lowest BCUT2D eigenvalue weighted by Crippen LogP contribution is -2.49. The molecule has 0 aliphatic carbocycles. The van der Waals surface area contributed by atoms with E-state index in [0.29, 0.717) is 18.2 Å². The van der Waals surface area contributed by atoms with E-state index in [1.54, 1.807) is 0 Å². The Morgan fingerprint density at radius 2 is 2.17 bits per heavy atom. The molecule has 1 rings (SSSR count). The van der Waals surface area contributed by atoms with Gasteiger partial charge < -0.3 is 4.74 Å². The van der Waals surface area contributed by atoms with Gasteiger partial charge in [-0.2, -0.15) is 0 Å². The van der Waals surface area contributed by atoms with E-state index in [0.717, 1.165) is 17.5 Å². The Kier molecular flexibility index (Phi) is 4.26. The second kappa shape index (κ2) is 4.77. The second-order valence-corrected chi connectivity index (χ2v) is 4.65. The van der Waals surface area contributed by atoms with Crippen LogP contribution in [-0.4, -0.2) is 40.7 Å². The van der Waals surface area contributed by atoms with Crippen LogP contribution in [-0.2, 0) is 4.74 Å². The molecule has 0 aromatic heterocycles. The van der Waals surface area contributed by atoms with Gasteiger partial charge in [0, 0.05) is 23.6 Å². The third-order valence-corrected chi connectivity index (χ3v) is 3.24. The average Bonchev–Trinajstić information content (AvgIpc) is 2.03. The van der Waals surface area contributed by atoms with E-state index in [1.807, 2.05) is 0 Å². The van der Waals surface area contributed by atoms with Crippen molar-refractivity contribution in [2.45, 2.75) is 39.0 Å². The van der Waals surface area contributed by atoms with Crippen LogP contribution >= 0.6 is 22.6 Å². The molecule has 2 atom stereocenters. The van der Waals surface area contributed by atoms with Crippen LogP contribution in [0.5, 0.6) is 0 Å². The fourth-order valence-corrected chi connectivity index (χ4v) is 2.07. The molecule has 1 saturated heterocycles. The Balaban J connectivity index is 2.45. The summed E-state index contributed by atoms with van der Waals surface area (Å²) in [5.41, 5.74) is 0. The van der Waals surface area contributed by atoms with Gasteiger partial charge in [-0.3, -0.25) is 4.90 Å². The normalized spacial score (nSPS) is 32.8. The highest BCUT2D eigenvalue weighted by molar-refractivity contribution is 14.1. The number of nitrogens with zero attached hydrogens (tertiary/aromatic N) is 1. The molecule has 72 valence electrons. The summed E-state index contributed by atoms with van der Waals surface area (Å²) in [5, 5.41) is 0. The number of rotatable bonds is 2. The van der Waals surface area contributed by atoms with Crippen LogP contribution in [0.4, 0.5) is 0 Å². The molecule has 0 N–H and O–H groups in total. The lowest BCUT2D eigenvalue weighted by Gasteiger charge is -2.38. The summed E-state index contributed by atoms with van der Waals surface area (Å²) in [5.74, 6) is 0. The maximum atomic E-state index is 5.77. The molecule has 0 radical (unpaired) electrons. The van der Waals surface area contributed by atoms with Gasteiger partial charge in [0.25, 0.3) is 0 Å². The molecule has 0 aromatic carbocycles. The van der Waals surface area contributed by atoms with Crippen molar-refractivity contribution in [3.8, 4) is 0 Å². The largest absolute Gasteiger partial charge is 0.372 e. The van der Waals surface area contributed by atoms with E-state index in [-0.39, 0.29) is 0 Å². The summed E-state index contributed by atoms with van der Waals surface area (Å²) in [7, 11) is 0. The first kappa shape index (κ1) is 10.7. The Morgan fingerprint density at radius 1 is 1.50 bits per heavy atom. The first-order chi connectivity index (χ1) is 5.63. The lowest BCUT2D eigenvalue weighted by molar-refractivity contribution is -0.0731. The van der Waals surface area contributed by atoms with Crippen molar-refractivity contribution >= 4 is 22.6 Å². The zero-order chi connectivity index (χ0) is 9.14. The summed E-state index contributed by atoms with van der Waals surface area (Å²) >= 11 is 2.40. The molecular formula is C9H18INO. The number of halogens is 1. The van der Waals surface area contributed by atoms with E-state index in [4.69, 9.17) is 4.74 Å². The zero-order valence-electron chi connectivity index (χ0n) is 8.09. The third-order valence-electron chi connectivity index (χ3n) is 2.26. The van der Waals surface area contributed by atoms with E-state index in [1.165, 1.54) is 0 Å². The number of ether oxygens (including phenoxy) is 1. The Hall–Kier alpha value is 0.650. The molecule has 1 fully saturated rings. The minimum absolute atomic E-state index is 0.404. The smallest absolute Gasteiger partial charge is 0.0795 e. The van der Waals surface area contributed by atoms with Gasteiger partial charge in [0.05, 0.1) is 12.2 Å². The topological polar surface area (TPSA) is 12.5 Å². The molecule has 1 aliphatic rings. The number of hydrogen-bond acceptors (Lipinski definition) is 2. The quantitative estimate of drug-likeness (QED) is 0.567. The average molecular weight is 283 g/mol. The number of hydrogen-bond donors (Lipinski definition) is 0. The van der Waals surface area contributed by atoms with Crippen LogP contribution in [0.1, 0.15) is 20.8 Å². The Morgan fingerprint density at radius 3 is 2.67 bits per heavy atom. The summed E-state index contributed by atoms with van der Waals surface area (Å²) in [6, 6.07) is 0.654. The molecule has 0 saturated carbocycles. The SMILES string of the molecule is CC1CN(C(C)C)CC(CI)O1. The first-order valence-corrected chi connectivity index (χ1v) is 6.11. The fraction of sp³-hybridized carbons (Fsp3) is 1.00. The predicted octanol–water partition coefficient (Wildman–Crippen LogP) is 1.92. The van der Waals surface area contributed by atoms with Gasteiger partial charge in [-0.05, 0) is 20.8 Å². The molecule has 2 nitrogen and oxygen atoms in total. The van der Waals surface area contributed by atoms with Crippen molar-refractivity contribution in [3.63, 3.8) is 0 Å². The van der Waals surface area contributed by atoms with E-state index < -0.39 is 0 Å². The van der Waals surface area contributed by atoms with E-state index in [2.05, 4.69) is 48.3 Å². The minimum atomic E-state index is 0.404. The second-order valence-electron chi connectivity index (χ2n) is 3.77. The molecule has 1 aliphatic heterocycles. The van der Waals surface area contributed by atoms with Crippen molar-refractivity contribution in [2.24, 2.45) is 0 Å². The Labute approximate surface area is 88.8 Å². The highest BCUT2D eigenvalue weighted by atomic mass is 127. The highest BCUT2D eigenvalue weighted by Gasteiger charge is 2.25. The molecule has 0 aromatic rings. The van der Waals surface area contributed by atoms with Crippen molar-refractivity contribution in [3.05, 3.63) is 0 Å². The van der Waals surface area contributed by atoms with E-state index in [9.17, 15) is 0 Å². The predicted molar refractivity (Wildman–Crippen MR) is 59.9 cm³/mol. The molecule has 0 spiro atoms. The van der Waals surface area contributed by atoms with Crippen LogP contribution in [0.15, 0.2) is 0 Å². The highest BCUT2D eigenvalue weighted by Crippen LogP contribution is 2.14. The standard InChI is InChI=1S/C9H18INO/c1-7(2)11-5-8(3)12-9(4-10)6-11/h7-9H,4-6H2,1-3H3. The van der Waals surface area contributed by atoms with Crippen molar-refractivity contribution in [1.82, 2.24) is 4.90 Å². The van der Waals surface area contributed by atoms with Gasteiger partial charge in [0.2, 0.25) is 0 Å².